The van der Waals surface area contributed by atoms with Gasteiger partial charge >= 0.3 is 0 Å². The summed E-state index contributed by atoms with van der Waals surface area (Å²) in [5.74, 6) is -1.27. The Balaban J connectivity index is 2.17. The van der Waals surface area contributed by atoms with E-state index in [0.29, 0.717) is 34.3 Å². The van der Waals surface area contributed by atoms with Crippen molar-refractivity contribution in [1.29, 1.82) is 0 Å². The summed E-state index contributed by atoms with van der Waals surface area (Å²) >= 11 is 6.23. The highest BCUT2D eigenvalue weighted by atomic mass is 35.5. The molecule has 0 aliphatic heterocycles. The molecule has 1 atom stereocenters. The molecule has 0 bridgehead atoms. The fraction of sp³-hybridized carbons (Fsp3) is 0.286. The van der Waals surface area contributed by atoms with E-state index in [9.17, 15) is 13.6 Å². The van der Waals surface area contributed by atoms with Crippen molar-refractivity contribution in [3.05, 3.63) is 64.2 Å². The van der Waals surface area contributed by atoms with Crippen molar-refractivity contribution in [1.82, 2.24) is 4.90 Å². The third kappa shape index (κ3) is 5.01. The van der Waals surface area contributed by atoms with Crippen molar-refractivity contribution in [3.8, 4) is 11.5 Å². The first-order valence-electron chi connectivity index (χ1n) is 8.68. The van der Waals surface area contributed by atoms with Gasteiger partial charge in [0.2, 0.25) is 5.91 Å². The van der Waals surface area contributed by atoms with Gasteiger partial charge in [-0.1, -0.05) is 17.7 Å². The van der Waals surface area contributed by atoms with E-state index in [1.807, 2.05) is 6.92 Å². The number of methoxy groups -OCH3 is 1. The number of amides is 1. The first-order chi connectivity index (χ1) is 13.3. The van der Waals surface area contributed by atoms with Crippen molar-refractivity contribution in [3.63, 3.8) is 0 Å². The summed E-state index contributed by atoms with van der Waals surface area (Å²) in [7, 11) is 3.09. The molecule has 0 N–H and O–H groups in total. The number of ether oxygens (including phenoxy) is 2. The minimum absolute atomic E-state index is 0.304. The number of hydrogen-bond acceptors (Lipinski definition) is 3. The van der Waals surface area contributed by atoms with Gasteiger partial charge in [-0.3, -0.25) is 4.79 Å². The first-order valence-corrected chi connectivity index (χ1v) is 9.06. The summed E-state index contributed by atoms with van der Waals surface area (Å²) in [6.45, 7) is 4.01. The van der Waals surface area contributed by atoms with E-state index in [2.05, 4.69) is 0 Å². The fourth-order valence-corrected chi connectivity index (χ4v) is 2.87. The first kappa shape index (κ1) is 21.7. The maximum atomic E-state index is 13.4. The molecule has 0 fully saturated rings. The zero-order valence-corrected chi connectivity index (χ0v) is 16.9. The lowest BCUT2D eigenvalue weighted by Gasteiger charge is -2.24. The van der Waals surface area contributed by atoms with Crippen LogP contribution in [0.5, 0.6) is 11.5 Å². The van der Waals surface area contributed by atoms with Crippen LogP contribution in [0, 0.1) is 11.6 Å². The van der Waals surface area contributed by atoms with Crippen LogP contribution in [-0.2, 0) is 4.79 Å². The van der Waals surface area contributed by atoms with E-state index in [-0.39, 0.29) is 5.91 Å². The molecule has 0 saturated carbocycles. The molecular weight excluding hydrogens is 388 g/mol. The highest BCUT2D eigenvalue weighted by Gasteiger charge is 2.17. The Kier molecular flexibility index (Phi) is 7.40. The Bertz CT molecular complexity index is 886. The number of rotatable bonds is 7. The lowest BCUT2D eigenvalue weighted by atomic mass is 10.1. The molecule has 2 aromatic carbocycles. The number of halogens is 3. The van der Waals surface area contributed by atoms with Gasteiger partial charge in [-0.25, -0.2) is 8.78 Å². The number of carbonyl (C=O) groups is 1. The quantitative estimate of drug-likeness (QED) is 0.585. The van der Waals surface area contributed by atoms with E-state index in [4.69, 9.17) is 21.1 Å². The number of likely N-dealkylation sites (N-methyl/N-ethyl adjacent to an activating group) is 1. The third-order valence-corrected chi connectivity index (χ3v) is 4.59. The maximum Gasteiger partial charge on any atom is 0.246 e. The Morgan fingerprint density at radius 1 is 1.25 bits per heavy atom. The molecule has 0 aliphatic rings. The number of nitrogens with zero attached hydrogens (tertiary/aromatic N) is 1. The van der Waals surface area contributed by atoms with Crippen molar-refractivity contribution >= 4 is 23.6 Å². The van der Waals surface area contributed by atoms with Gasteiger partial charge in [0.1, 0.15) is 0 Å². The second-order valence-electron chi connectivity index (χ2n) is 6.10. The number of benzene rings is 2. The summed E-state index contributed by atoms with van der Waals surface area (Å²) in [5.41, 5.74) is 1.15. The van der Waals surface area contributed by atoms with Gasteiger partial charge in [0.05, 0.1) is 24.8 Å². The summed E-state index contributed by atoms with van der Waals surface area (Å²) in [6, 6.07) is 6.52. The molecule has 2 rings (SSSR count). The zero-order chi connectivity index (χ0) is 20.8. The van der Waals surface area contributed by atoms with Gasteiger partial charge in [-0.2, -0.15) is 0 Å². The minimum Gasteiger partial charge on any atom is -0.493 e. The van der Waals surface area contributed by atoms with Crippen molar-refractivity contribution < 1.29 is 23.0 Å². The topological polar surface area (TPSA) is 38.8 Å². The Morgan fingerprint density at radius 2 is 1.96 bits per heavy atom. The van der Waals surface area contributed by atoms with E-state index >= 15 is 0 Å². The van der Waals surface area contributed by atoms with Crippen molar-refractivity contribution in [2.45, 2.75) is 19.9 Å². The molecule has 0 aliphatic carbocycles. The van der Waals surface area contributed by atoms with Gasteiger partial charge in [0.15, 0.2) is 23.1 Å². The Morgan fingerprint density at radius 3 is 2.57 bits per heavy atom. The van der Waals surface area contributed by atoms with Crippen LogP contribution < -0.4 is 9.47 Å². The van der Waals surface area contributed by atoms with E-state index in [1.54, 1.807) is 32.2 Å². The lowest BCUT2D eigenvalue weighted by Crippen LogP contribution is -2.28. The van der Waals surface area contributed by atoms with Gasteiger partial charge in [-0.15, -0.1) is 0 Å². The largest absolute Gasteiger partial charge is 0.493 e. The van der Waals surface area contributed by atoms with E-state index in [0.717, 1.165) is 12.1 Å². The van der Waals surface area contributed by atoms with Gasteiger partial charge in [0, 0.05) is 13.1 Å². The Labute approximate surface area is 168 Å². The standard InChI is InChI=1S/C21H22ClF2NO3/c1-5-28-21-16(22)10-14(11-19(21)27-4)6-9-20(26)25(3)13(2)15-7-8-17(23)18(24)12-15/h6-13H,5H2,1-4H3/b9-6+. The van der Waals surface area contributed by atoms with Gasteiger partial charge in [0.25, 0.3) is 0 Å². The Hall–Kier alpha value is -2.60. The molecule has 150 valence electrons. The fourth-order valence-electron chi connectivity index (χ4n) is 2.59. The molecule has 0 aromatic heterocycles. The van der Waals surface area contributed by atoms with Crippen LogP contribution in [-0.4, -0.2) is 31.6 Å². The third-order valence-electron chi connectivity index (χ3n) is 4.31. The molecule has 28 heavy (non-hydrogen) atoms. The average Bonchev–Trinajstić information content (AvgIpc) is 2.68. The lowest BCUT2D eigenvalue weighted by molar-refractivity contribution is -0.126. The van der Waals surface area contributed by atoms with Crippen LogP contribution in [0.15, 0.2) is 36.4 Å². The number of carbonyl (C=O) groups excluding carboxylic acids is 1. The molecule has 2 aromatic rings. The van der Waals surface area contributed by atoms with Crippen LogP contribution in [0.1, 0.15) is 31.0 Å². The minimum atomic E-state index is -0.947. The maximum absolute atomic E-state index is 13.4. The molecule has 0 heterocycles. The summed E-state index contributed by atoms with van der Waals surface area (Å²) in [5, 5.41) is 0.372. The van der Waals surface area contributed by atoms with Crippen molar-refractivity contribution in [2.24, 2.45) is 0 Å². The SMILES string of the molecule is CCOc1c(Cl)cc(/C=C/C(=O)N(C)C(C)c2ccc(F)c(F)c2)cc1OC. The predicted octanol–water partition coefficient (Wildman–Crippen LogP) is 5.26. The second-order valence-corrected chi connectivity index (χ2v) is 6.51. The summed E-state index contributed by atoms with van der Waals surface area (Å²) in [4.78, 5) is 13.9. The van der Waals surface area contributed by atoms with E-state index in [1.165, 1.54) is 24.2 Å². The van der Waals surface area contributed by atoms with Crippen LogP contribution >= 0.6 is 11.6 Å². The van der Waals surface area contributed by atoms with Crippen LogP contribution in [0.2, 0.25) is 5.02 Å². The highest BCUT2D eigenvalue weighted by molar-refractivity contribution is 6.32. The molecule has 7 heteroatoms. The van der Waals surface area contributed by atoms with Crippen LogP contribution in [0.3, 0.4) is 0 Å². The smallest absolute Gasteiger partial charge is 0.246 e. The zero-order valence-electron chi connectivity index (χ0n) is 16.1. The summed E-state index contributed by atoms with van der Waals surface area (Å²) < 4.78 is 37.3. The second kappa shape index (κ2) is 9.55. The van der Waals surface area contributed by atoms with Gasteiger partial charge < -0.3 is 14.4 Å². The highest BCUT2D eigenvalue weighted by Crippen LogP contribution is 2.36. The molecule has 1 amide bonds. The average molecular weight is 410 g/mol. The van der Waals surface area contributed by atoms with Crippen LogP contribution in [0.25, 0.3) is 6.08 Å². The monoisotopic (exact) mass is 409 g/mol. The molecule has 4 nitrogen and oxygen atoms in total. The number of hydrogen-bond donors (Lipinski definition) is 0. The van der Waals surface area contributed by atoms with E-state index < -0.39 is 17.7 Å². The van der Waals surface area contributed by atoms with Crippen molar-refractivity contribution in [2.75, 3.05) is 20.8 Å². The molecule has 1 unspecified atom stereocenters. The summed E-state index contributed by atoms with van der Waals surface area (Å²) in [6.07, 6.45) is 2.97. The van der Waals surface area contributed by atoms with Crippen LogP contribution in [0.4, 0.5) is 8.78 Å². The molecule has 0 radical (unpaired) electrons. The molecule has 0 saturated heterocycles. The predicted molar refractivity (Wildman–Crippen MR) is 106 cm³/mol. The van der Waals surface area contributed by atoms with Gasteiger partial charge in [-0.05, 0) is 55.3 Å². The molecule has 0 spiro atoms. The molecular formula is C21H22ClF2NO3. The normalized spacial score (nSPS) is 12.1.